The molecule has 1 N–H and O–H groups in total. The SMILES string of the molecule is O=C(NCCn1nc(-c2ccncc2)c2c1CCCC2)c1ccc(Cl)c([N+](=O)[O-])c1. The Morgan fingerprint density at radius 1 is 1.20 bits per heavy atom. The second-order valence-corrected chi connectivity index (χ2v) is 7.53. The molecule has 0 atom stereocenters. The van der Waals surface area contributed by atoms with E-state index in [2.05, 4.69) is 10.3 Å². The Hall–Kier alpha value is -3.26. The molecular weight excluding hydrogens is 406 g/mol. The van der Waals surface area contributed by atoms with Crippen molar-refractivity contribution in [3.05, 3.63) is 74.7 Å². The van der Waals surface area contributed by atoms with E-state index in [9.17, 15) is 14.9 Å². The molecular formula is C21H20ClN5O3. The maximum absolute atomic E-state index is 12.4. The van der Waals surface area contributed by atoms with Crippen LogP contribution in [-0.2, 0) is 19.4 Å². The van der Waals surface area contributed by atoms with Crippen molar-refractivity contribution in [1.82, 2.24) is 20.1 Å². The zero-order valence-corrected chi connectivity index (χ0v) is 16.9. The van der Waals surface area contributed by atoms with Crippen molar-refractivity contribution >= 4 is 23.2 Å². The molecule has 0 radical (unpaired) electrons. The summed E-state index contributed by atoms with van der Waals surface area (Å²) in [5.74, 6) is -0.384. The summed E-state index contributed by atoms with van der Waals surface area (Å²) in [7, 11) is 0. The van der Waals surface area contributed by atoms with Crippen LogP contribution in [0.5, 0.6) is 0 Å². The fourth-order valence-corrected chi connectivity index (χ4v) is 3.96. The lowest BCUT2D eigenvalue weighted by molar-refractivity contribution is -0.384. The highest BCUT2D eigenvalue weighted by Crippen LogP contribution is 2.31. The van der Waals surface area contributed by atoms with Crippen LogP contribution >= 0.6 is 11.6 Å². The molecule has 0 aliphatic heterocycles. The van der Waals surface area contributed by atoms with Crippen LogP contribution in [0.4, 0.5) is 5.69 Å². The zero-order chi connectivity index (χ0) is 21.1. The van der Waals surface area contributed by atoms with E-state index in [0.29, 0.717) is 13.1 Å². The van der Waals surface area contributed by atoms with E-state index in [1.807, 2.05) is 16.8 Å². The number of hydrogen-bond acceptors (Lipinski definition) is 5. The number of fused-ring (bicyclic) bond motifs is 1. The van der Waals surface area contributed by atoms with Gasteiger partial charge in [0.15, 0.2) is 0 Å². The Balaban J connectivity index is 1.48. The van der Waals surface area contributed by atoms with Gasteiger partial charge in [-0.1, -0.05) is 11.6 Å². The maximum Gasteiger partial charge on any atom is 0.288 e. The minimum Gasteiger partial charge on any atom is -0.350 e. The first kappa shape index (κ1) is 20.0. The lowest BCUT2D eigenvalue weighted by Crippen LogP contribution is -2.28. The topological polar surface area (TPSA) is 103 Å². The highest BCUT2D eigenvalue weighted by atomic mass is 35.5. The zero-order valence-electron chi connectivity index (χ0n) is 16.2. The number of pyridine rings is 1. The number of benzene rings is 1. The average molecular weight is 426 g/mol. The summed E-state index contributed by atoms with van der Waals surface area (Å²) >= 11 is 5.81. The molecule has 1 aliphatic rings. The number of nitro benzene ring substituents is 1. The average Bonchev–Trinajstić information content (AvgIpc) is 3.13. The second kappa shape index (κ2) is 8.62. The van der Waals surface area contributed by atoms with Gasteiger partial charge in [-0.05, 0) is 49.9 Å². The first-order chi connectivity index (χ1) is 14.5. The maximum atomic E-state index is 12.4. The van der Waals surface area contributed by atoms with Crippen molar-refractivity contribution in [2.75, 3.05) is 6.54 Å². The highest BCUT2D eigenvalue weighted by molar-refractivity contribution is 6.32. The van der Waals surface area contributed by atoms with E-state index in [1.54, 1.807) is 12.4 Å². The van der Waals surface area contributed by atoms with Crippen LogP contribution in [0.3, 0.4) is 0 Å². The van der Waals surface area contributed by atoms with Gasteiger partial charge in [0.25, 0.3) is 11.6 Å². The van der Waals surface area contributed by atoms with Gasteiger partial charge in [-0.2, -0.15) is 5.10 Å². The van der Waals surface area contributed by atoms with Crippen LogP contribution in [-0.4, -0.2) is 32.1 Å². The van der Waals surface area contributed by atoms with E-state index in [4.69, 9.17) is 16.7 Å². The van der Waals surface area contributed by atoms with E-state index in [-0.39, 0.29) is 22.2 Å². The molecule has 9 heteroatoms. The summed E-state index contributed by atoms with van der Waals surface area (Å²) < 4.78 is 1.97. The lowest BCUT2D eigenvalue weighted by Gasteiger charge is -2.14. The number of amides is 1. The summed E-state index contributed by atoms with van der Waals surface area (Å²) in [6.07, 6.45) is 7.74. The van der Waals surface area contributed by atoms with Gasteiger partial charge in [0.1, 0.15) is 5.02 Å². The third-order valence-electron chi connectivity index (χ3n) is 5.22. The van der Waals surface area contributed by atoms with E-state index in [0.717, 1.165) is 36.9 Å². The summed E-state index contributed by atoms with van der Waals surface area (Å²) in [6, 6.07) is 7.93. The molecule has 1 amide bonds. The molecule has 0 saturated carbocycles. The molecule has 2 heterocycles. The highest BCUT2D eigenvalue weighted by Gasteiger charge is 2.22. The van der Waals surface area contributed by atoms with Crippen LogP contribution < -0.4 is 5.32 Å². The van der Waals surface area contributed by atoms with Crippen molar-refractivity contribution in [2.24, 2.45) is 0 Å². The van der Waals surface area contributed by atoms with Crippen molar-refractivity contribution in [3.8, 4) is 11.3 Å². The minimum atomic E-state index is -0.601. The number of hydrogen-bond donors (Lipinski definition) is 1. The Morgan fingerprint density at radius 2 is 1.97 bits per heavy atom. The fraction of sp³-hybridized carbons (Fsp3) is 0.286. The molecule has 1 aliphatic carbocycles. The van der Waals surface area contributed by atoms with Gasteiger partial charge in [-0.15, -0.1) is 0 Å². The molecule has 0 unspecified atom stereocenters. The number of carbonyl (C=O) groups is 1. The number of nitrogens with zero attached hydrogens (tertiary/aromatic N) is 4. The van der Waals surface area contributed by atoms with E-state index >= 15 is 0 Å². The largest absolute Gasteiger partial charge is 0.350 e. The number of halogens is 1. The molecule has 3 aromatic rings. The first-order valence-corrected chi connectivity index (χ1v) is 10.1. The summed E-state index contributed by atoms with van der Waals surface area (Å²) in [5.41, 5.74) is 4.42. The third-order valence-corrected chi connectivity index (χ3v) is 5.54. The molecule has 0 fully saturated rings. The lowest BCUT2D eigenvalue weighted by atomic mass is 9.94. The normalized spacial score (nSPS) is 13.0. The number of carbonyl (C=O) groups excluding carboxylic acids is 1. The van der Waals surface area contributed by atoms with Crippen LogP contribution in [0.15, 0.2) is 42.7 Å². The molecule has 30 heavy (non-hydrogen) atoms. The molecule has 0 bridgehead atoms. The Bertz CT molecular complexity index is 1100. The van der Waals surface area contributed by atoms with Gasteiger partial charge in [-0.25, -0.2) is 0 Å². The summed E-state index contributed by atoms with van der Waals surface area (Å²) in [5, 5.41) is 18.7. The van der Waals surface area contributed by atoms with Crippen LogP contribution in [0, 0.1) is 10.1 Å². The Labute approximate surface area is 178 Å². The van der Waals surface area contributed by atoms with E-state index < -0.39 is 4.92 Å². The second-order valence-electron chi connectivity index (χ2n) is 7.12. The number of rotatable bonds is 6. The molecule has 154 valence electrons. The summed E-state index contributed by atoms with van der Waals surface area (Å²) in [4.78, 5) is 26.9. The Kier molecular flexibility index (Phi) is 5.76. The van der Waals surface area contributed by atoms with Crippen molar-refractivity contribution in [1.29, 1.82) is 0 Å². The van der Waals surface area contributed by atoms with Gasteiger partial charge in [0.05, 0.1) is 17.2 Å². The predicted octanol–water partition coefficient (Wildman–Crippen LogP) is 3.82. The molecule has 2 aromatic heterocycles. The van der Waals surface area contributed by atoms with Crippen LogP contribution in [0.2, 0.25) is 5.02 Å². The van der Waals surface area contributed by atoms with Crippen LogP contribution in [0.25, 0.3) is 11.3 Å². The molecule has 8 nitrogen and oxygen atoms in total. The number of aromatic nitrogens is 3. The van der Waals surface area contributed by atoms with Gasteiger partial charge < -0.3 is 5.32 Å². The van der Waals surface area contributed by atoms with Gasteiger partial charge in [-0.3, -0.25) is 24.6 Å². The fourth-order valence-electron chi connectivity index (χ4n) is 3.77. The molecule has 0 spiro atoms. The molecule has 1 aromatic carbocycles. The van der Waals surface area contributed by atoms with Crippen molar-refractivity contribution in [2.45, 2.75) is 32.2 Å². The van der Waals surface area contributed by atoms with E-state index in [1.165, 1.54) is 29.5 Å². The Morgan fingerprint density at radius 3 is 2.73 bits per heavy atom. The minimum absolute atomic E-state index is 0.00311. The predicted molar refractivity (Wildman–Crippen MR) is 113 cm³/mol. The van der Waals surface area contributed by atoms with Gasteiger partial charge in [0.2, 0.25) is 0 Å². The summed E-state index contributed by atoms with van der Waals surface area (Å²) in [6.45, 7) is 0.883. The smallest absolute Gasteiger partial charge is 0.288 e. The third kappa shape index (κ3) is 4.04. The van der Waals surface area contributed by atoms with Crippen molar-refractivity contribution < 1.29 is 9.72 Å². The standard InChI is InChI=1S/C21H20ClN5O3/c22-17-6-5-15(13-19(17)27(29)30)21(28)24-11-12-26-18-4-2-1-3-16(18)20(25-26)14-7-9-23-10-8-14/h5-10,13H,1-4,11-12H2,(H,24,28). The molecule has 4 rings (SSSR count). The number of nitro groups is 1. The van der Waals surface area contributed by atoms with Gasteiger partial charge >= 0.3 is 0 Å². The number of nitrogens with one attached hydrogen (secondary N) is 1. The van der Waals surface area contributed by atoms with Crippen LogP contribution in [0.1, 0.15) is 34.5 Å². The quantitative estimate of drug-likeness (QED) is 0.477. The molecule has 0 saturated heterocycles. The first-order valence-electron chi connectivity index (χ1n) is 9.75. The van der Waals surface area contributed by atoms with Crippen molar-refractivity contribution in [3.63, 3.8) is 0 Å². The van der Waals surface area contributed by atoms with Gasteiger partial charge in [0, 0.05) is 47.4 Å². The monoisotopic (exact) mass is 425 g/mol.